The fraction of sp³-hybridized carbons (Fsp3) is 0.333. The van der Waals surface area contributed by atoms with Gasteiger partial charge >= 0.3 is 0 Å². The highest BCUT2D eigenvalue weighted by atomic mass is 32.1. The van der Waals surface area contributed by atoms with Gasteiger partial charge < -0.3 is 5.32 Å². The van der Waals surface area contributed by atoms with Gasteiger partial charge in [0.25, 0.3) is 0 Å². The number of thiophene rings is 1. The molecule has 0 radical (unpaired) electrons. The van der Waals surface area contributed by atoms with Crippen molar-refractivity contribution in [2.75, 3.05) is 13.1 Å². The molecular formula is C9H11NS. The highest BCUT2D eigenvalue weighted by Gasteiger charge is 1.82. The van der Waals surface area contributed by atoms with Crippen molar-refractivity contribution in [3.63, 3.8) is 0 Å². The van der Waals surface area contributed by atoms with E-state index in [0.717, 1.165) is 18.0 Å². The molecule has 0 saturated carbocycles. The lowest BCUT2D eigenvalue weighted by Gasteiger charge is -1.87. The Balaban J connectivity index is 2.33. The lowest BCUT2D eigenvalue weighted by Crippen LogP contribution is -2.11. The van der Waals surface area contributed by atoms with E-state index in [1.165, 1.54) is 0 Å². The molecule has 1 aromatic heterocycles. The SMILES string of the molecule is CCNCC#Cc1cccs1. The summed E-state index contributed by atoms with van der Waals surface area (Å²) < 4.78 is 0. The van der Waals surface area contributed by atoms with Crippen LogP contribution < -0.4 is 5.32 Å². The summed E-state index contributed by atoms with van der Waals surface area (Å²) in [6.07, 6.45) is 0. The van der Waals surface area contributed by atoms with E-state index in [9.17, 15) is 0 Å². The van der Waals surface area contributed by atoms with Crippen LogP contribution in [0.1, 0.15) is 11.8 Å². The first-order valence-corrected chi connectivity index (χ1v) is 4.54. The molecule has 0 aromatic carbocycles. The summed E-state index contributed by atoms with van der Waals surface area (Å²) in [6.45, 7) is 3.85. The fourth-order valence-corrected chi connectivity index (χ4v) is 1.26. The highest BCUT2D eigenvalue weighted by molar-refractivity contribution is 7.10. The van der Waals surface area contributed by atoms with Crippen molar-refractivity contribution >= 4 is 11.3 Å². The van der Waals surface area contributed by atoms with Crippen LogP contribution in [0.2, 0.25) is 0 Å². The van der Waals surface area contributed by atoms with Gasteiger partial charge in [0, 0.05) is 0 Å². The van der Waals surface area contributed by atoms with Gasteiger partial charge in [0.15, 0.2) is 0 Å². The minimum Gasteiger partial charge on any atom is -0.306 e. The normalized spacial score (nSPS) is 8.82. The lowest BCUT2D eigenvalue weighted by atomic mass is 10.4. The molecule has 0 aliphatic carbocycles. The number of hydrogen-bond donors (Lipinski definition) is 1. The standard InChI is InChI=1S/C9H11NS/c1-2-10-7-3-5-9-6-4-8-11-9/h4,6,8,10H,2,7H2,1H3. The van der Waals surface area contributed by atoms with Crippen molar-refractivity contribution in [1.29, 1.82) is 0 Å². The summed E-state index contributed by atoms with van der Waals surface area (Å²) >= 11 is 1.68. The summed E-state index contributed by atoms with van der Waals surface area (Å²) in [5.74, 6) is 6.10. The van der Waals surface area contributed by atoms with Crippen LogP contribution in [0.4, 0.5) is 0 Å². The minimum atomic E-state index is 0.786. The molecule has 2 heteroatoms. The molecule has 0 unspecified atom stereocenters. The molecule has 0 aliphatic rings. The zero-order valence-electron chi connectivity index (χ0n) is 6.55. The maximum Gasteiger partial charge on any atom is 0.0768 e. The van der Waals surface area contributed by atoms with Crippen LogP contribution in [0.25, 0.3) is 0 Å². The van der Waals surface area contributed by atoms with E-state index < -0.39 is 0 Å². The molecule has 0 atom stereocenters. The van der Waals surface area contributed by atoms with Crippen LogP contribution in [-0.4, -0.2) is 13.1 Å². The van der Waals surface area contributed by atoms with Gasteiger partial charge in [-0.25, -0.2) is 0 Å². The molecule has 1 nitrogen and oxygen atoms in total. The van der Waals surface area contributed by atoms with Gasteiger partial charge in [-0.05, 0) is 18.0 Å². The molecule has 0 aliphatic heterocycles. The van der Waals surface area contributed by atoms with Crippen molar-refractivity contribution in [2.45, 2.75) is 6.92 Å². The van der Waals surface area contributed by atoms with Gasteiger partial charge in [0.1, 0.15) is 0 Å². The van der Waals surface area contributed by atoms with Crippen LogP contribution in [0.5, 0.6) is 0 Å². The average molecular weight is 165 g/mol. The first kappa shape index (κ1) is 8.32. The molecular weight excluding hydrogens is 154 g/mol. The molecule has 1 rings (SSSR count). The van der Waals surface area contributed by atoms with Crippen molar-refractivity contribution in [3.05, 3.63) is 22.4 Å². The Bertz CT molecular complexity index is 240. The molecule has 0 fully saturated rings. The number of rotatable bonds is 2. The Morgan fingerprint density at radius 3 is 3.18 bits per heavy atom. The number of nitrogens with one attached hydrogen (secondary N) is 1. The van der Waals surface area contributed by atoms with E-state index >= 15 is 0 Å². The summed E-state index contributed by atoms with van der Waals surface area (Å²) in [5.41, 5.74) is 0. The van der Waals surface area contributed by atoms with Crippen molar-refractivity contribution in [2.24, 2.45) is 0 Å². The Kier molecular flexibility index (Phi) is 3.74. The second-order valence-corrected chi connectivity index (χ2v) is 3.01. The van der Waals surface area contributed by atoms with Gasteiger partial charge in [-0.15, -0.1) is 11.3 Å². The van der Waals surface area contributed by atoms with E-state index in [4.69, 9.17) is 0 Å². The third kappa shape index (κ3) is 3.22. The minimum absolute atomic E-state index is 0.786. The third-order valence-electron chi connectivity index (χ3n) is 1.20. The largest absolute Gasteiger partial charge is 0.306 e. The molecule has 0 bridgehead atoms. The van der Waals surface area contributed by atoms with Crippen LogP contribution >= 0.6 is 11.3 Å². The monoisotopic (exact) mass is 165 g/mol. The summed E-state index contributed by atoms with van der Waals surface area (Å²) in [4.78, 5) is 1.14. The topological polar surface area (TPSA) is 12.0 Å². The average Bonchev–Trinajstić information content (AvgIpc) is 2.50. The van der Waals surface area contributed by atoms with E-state index in [0.29, 0.717) is 0 Å². The van der Waals surface area contributed by atoms with Crippen LogP contribution in [0.15, 0.2) is 17.5 Å². The Labute approximate surface area is 71.4 Å². The molecule has 1 N–H and O–H groups in total. The zero-order chi connectivity index (χ0) is 7.94. The Hall–Kier alpha value is -0.780. The van der Waals surface area contributed by atoms with Crippen LogP contribution in [0.3, 0.4) is 0 Å². The third-order valence-corrected chi connectivity index (χ3v) is 1.98. The molecule has 0 amide bonds. The molecule has 1 heterocycles. The first-order chi connectivity index (χ1) is 5.43. The predicted molar refractivity (Wildman–Crippen MR) is 49.7 cm³/mol. The van der Waals surface area contributed by atoms with Crippen molar-refractivity contribution in [1.82, 2.24) is 5.32 Å². The predicted octanol–water partition coefficient (Wildman–Crippen LogP) is 1.71. The van der Waals surface area contributed by atoms with Crippen molar-refractivity contribution in [3.8, 4) is 11.8 Å². The molecule has 1 aromatic rings. The van der Waals surface area contributed by atoms with Gasteiger partial charge in [-0.3, -0.25) is 0 Å². The molecule has 0 saturated heterocycles. The lowest BCUT2D eigenvalue weighted by molar-refractivity contribution is 0.811. The van der Waals surface area contributed by atoms with Gasteiger partial charge in [0.05, 0.1) is 11.4 Å². The number of hydrogen-bond acceptors (Lipinski definition) is 2. The smallest absolute Gasteiger partial charge is 0.0768 e. The fourth-order valence-electron chi connectivity index (χ4n) is 0.668. The second-order valence-electron chi connectivity index (χ2n) is 2.06. The summed E-state index contributed by atoms with van der Waals surface area (Å²) in [5, 5.41) is 5.18. The summed E-state index contributed by atoms with van der Waals surface area (Å²) in [7, 11) is 0. The second kappa shape index (κ2) is 4.95. The van der Waals surface area contributed by atoms with Gasteiger partial charge in [-0.1, -0.05) is 24.8 Å². The Morgan fingerprint density at radius 2 is 2.55 bits per heavy atom. The molecule has 11 heavy (non-hydrogen) atoms. The highest BCUT2D eigenvalue weighted by Crippen LogP contribution is 2.04. The van der Waals surface area contributed by atoms with Gasteiger partial charge in [0.2, 0.25) is 0 Å². The van der Waals surface area contributed by atoms with Gasteiger partial charge in [-0.2, -0.15) is 0 Å². The molecule has 58 valence electrons. The van der Waals surface area contributed by atoms with E-state index in [1.807, 2.05) is 17.5 Å². The maximum atomic E-state index is 3.14. The summed E-state index contributed by atoms with van der Waals surface area (Å²) in [6, 6.07) is 4.05. The van der Waals surface area contributed by atoms with E-state index in [2.05, 4.69) is 24.1 Å². The van der Waals surface area contributed by atoms with E-state index in [1.54, 1.807) is 11.3 Å². The van der Waals surface area contributed by atoms with Crippen LogP contribution in [0, 0.1) is 11.8 Å². The zero-order valence-corrected chi connectivity index (χ0v) is 7.37. The Morgan fingerprint density at radius 1 is 1.64 bits per heavy atom. The first-order valence-electron chi connectivity index (χ1n) is 3.66. The van der Waals surface area contributed by atoms with E-state index in [-0.39, 0.29) is 0 Å². The molecule has 0 spiro atoms. The quantitative estimate of drug-likeness (QED) is 0.519. The maximum absolute atomic E-state index is 3.14. The van der Waals surface area contributed by atoms with Crippen LogP contribution in [-0.2, 0) is 0 Å². The van der Waals surface area contributed by atoms with Crippen molar-refractivity contribution < 1.29 is 0 Å².